The zero-order valence-corrected chi connectivity index (χ0v) is 16.1. The molecule has 1 aromatic carbocycles. The minimum absolute atomic E-state index is 0.123. The fraction of sp³-hybridized carbons (Fsp3) is 0.476. The molecule has 2 aliphatic heterocycles. The minimum Gasteiger partial charge on any atom is -0.378 e. The molecule has 4 rings (SSSR count). The van der Waals surface area contributed by atoms with Crippen LogP contribution in [0.1, 0.15) is 49.2 Å². The molecule has 3 heterocycles. The number of aromatic amines is 1. The van der Waals surface area contributed by atoms with E-state index >= 15 is 0 Å². The van der Waals surface area contributed by atoms with E-state index in [4.69, 9.17) is 0 Å². The van der Waals surface area contributed by atoms with Crippen LogP contribution in [0.5, 0.6) is 0 Å². The molecule has 1 fully saturated rings. The summed E-state index contributed by atoms with van der Waals surface area (Å²) in [5.41, 5.74) is 2.16. The van der Waals surface area contributed by atoms with E-state index in [2.05, 4.69) is 9.97 Å². The van der Waals surface area contributed by atoms with Gasteiger partial charge in [0, 0.05) is 38.2 Å². The Balaban J connectivity index is 1.55. The molecule has 148 valence electrons. The standard InChI is InChI=1S/C21H26N4O3/c1-2-17(26)25-11-8-16-19(23-14-22-16)21(25)9-12-24(13-10-21)20(28)18(27)15-6-4-3-5-7-15/h3-7,14,18,27H,2,8-13H2,1H3,(H,22,23)/t18-/m1/s1. The SMILES string of the molecule is CCC(=O)N1CCc2[nH]cnc2C12CCN(C(=O)[C@H](O)c1ccccc1)CC2. The quantitative estimate of drug-likeness (QED) is 0.846. The number of nitrogens with zero attached hydrogens (tertiary/aromatic N) is 3. The number of hydrogen-bond acceptors (Lipinski definition) is 4. The van der Waals surface area contributed by atoms with E-state index in [1.165, 1.54) is 0 Å². The van der Waals surface area contributed by atoms with Gasteiger partial charge < -0.3 is 19.9 Å². The first-order valence-electron chi connectivity index (χ1n) is 9.92. The summed E-state index contributed by atoms with van der Waals surface area (Å²) in [5.74, 6) is -0.162. The zero-order valence-electron chi connectivity index (χ0n) is 16.1. The number of benzene rings is 1. The molecule has 0 bridgehead atoms. The van der Waals surface area contributed by atoms with Crippen LogP contribution in [0.3, 0.4) is 0 Å². The van der Waals surface area contributed by atoms with Crippen molar-refractivity contribution >= 4 is 11.8 Å². The van der Waals surface area contributed by atoms with Crippen LogP contribution in [-0.4, -0.2) is 56.3 Å². The molecule has 2 amide bonds. The van der Waals surface area contributed by atoms with Gasteiger partial charge in [-0.15, -0.1) is 0 Å². The van der Waals surface area contributed by atoms with Gasteiger partial charge in [-0.3, -0.25) is 9.59 Å². The average molecular weight is 382 g/mol. The van der Waals surface area contributed by atoms with Crippen LogP contribution in [0.4, 0.5) is 0 Å². The number of aliphatic hydroxyl groups excluding tert-OH is 1. The molecule has 7 nitrogen and oxygen atoms in total. The molecule has 1 spiro atoms. The predicted octanol–water partition coefficient (Wildman–Crippen LogP) is 1.76. The Labute approximate surface area is 164 Å². The van der Waals surface area contributed by atoms with E-state index in [9.17, 15) is 14.7 Å². The van der Waals surface area contributed by atoms with Gasteiger partial charge in [0.2, 0.25) is 5.91 Å². The van der Waals surface area contributed by atoms with Crippen LogP contribution in [0, 0.1) is 0 Å². The van der Waals surface area contributed by atoms with E-state index in [1.54, 1.807) is 23.4 Å². The van der Waals surface area contributed by atoms with Gasteiger partial charge in [0.25, 0.3) is 5.91 Å². The number of aliphatic hydroxyl groups is 1. The smallest absolute Gasteiger partial charge is 0.256 e. The number of likely N-dealkylation sites (tertiary alicyclic amines) is 1. The van der Waals surface area contributed by atoms with Gasteiger partial charge in [0.15, 0.2) is 6.10 Å². The van der Waals surface area contributed by atoms with Gasteiger partial charge >= 0.3 is 0 Å². The Hall–Kier alpha value is -2.67. The second-order valence-corrected chi connectivity index (χ2v) is 7.55. The van der Waals surface area contributed by atoms with Crippen molar-refractivity contribution in [3.63, 3.8) is 0 Å². The lowest BCUT2D eigenvalue weighted by atomic mass is 9.78. The molecule has 1 saturated heterocycles. The summed E-state index contributed by atoms with van der Waals surface area (Å²) in [4.78, 5) is 36.9. The molecule has 28 heavy (non-hydrogen) atoms. The Morgan fingerprint density at radius 1 is 1.21 bits per heavy atom. The molecule has 7 heteroatoms. The zero-order chi connectivity index (χ0) is 19.7. The van der Waals surface area contributed by atoms with Crippen molar-refractivity contribution in [3.05, 3.63) is 53.6 Å². The maximum Gasteiger partial charge on any atom is 0.256 e. The van der Waals surface area contributed by atoms with Gasteiger partial charge in [-0.05, 0) is 18.4 Å². The second-order valence-electron chi connectivity index (χ2n) is 7.55. The average Bonchev–Trinajstić information content (AvgIpc) is 3.24. The van der Waals surface area contributed by atoms with Gasteiger partial charge in [0.1, 0.15) is 0 Å². The highest BCUT2D eigenvalue weighted by Crippen LogP contribution is 2.42. The van der Waals surface area contributed by atoms with Crippen LogP contribution in [0.15, 0.2) is 36.7 Å². The molecule has 1 atom stereocenters. The van der Waals surface area contributed by atoms with Crippen LogP contribution in [-0.2, 0) is 21.5 Å². The number of nitrogens with one attached hydrogen (secondary N) is 1. The molecule has 1 aromatic heterocycles. The van der Waals surface area contributed by atoms with E-state index in [-0.39, 0.29) is 11.8 Å². The van der Waals surface area contributed by atoms with Gasteiger partial charge in [0.05, 0.1) is 17.6 Å². The number of rotatable bonds is 3. The van der Waals surface area contributed by atoms with Gasteiger partial charge in [-0.1, -0.05) is 37.3 Å². The molecular weight excluding hydrogens is 356 g/mol. The van der Waals surface area contributed by atoms with E-state index in [1.807, 2.05) is 30.0 Å². The topological polar surface area (TPSA) is 89.5 Å². The Morgan fingerprint density at radius 2 is 1.93 bits per heavy atom. The lowest BCUT2D eigenvalue weighted by Gasteiger charge is -2.50. The number of aromatic nitrogens is 2. The Morgan fingerprint density at radius 3 is 2.61 bits per heavy atom. The molecule has 0 unspecified atom stereocenters. The monoisotopic (exact) mass is 382 g/mol. The molecule has 2 aromatic rings. The number of hydrogen-bond donors (Lipinski definition) is 2. The largest absolute Gasteiger partial charge is 0.378 e. The number of H-pyrrole nitrogens is 1. The number of carbonyl (C=O) groups is 2. The first-order chi connectivity index (χ1) is 13.6. The molecule has 2 N–H and O–H groups in total. The van der Waals surface area contributed by atoms with Gasteiger partial charge in [-0.2, -0.15) is 0 Å². The summed E-state index contributed by atoms with van der Waals surface area (Å²) < 4.78 is 0. The lowest BCUT2D eigenvalue weighted by molar-refractivity contribution is -0.148. The van der Waals surface area contributed by atoms with Crippen molar-refractivity contribution in [2.75, 3.05) is 19.6 Å². The van der Waals surface area contributed by atoms with Crippen molar-refractivity contribution in [2.24, 2.45) is 0 Å². The molecule has 2 aliphatic rings. The van der Waals surface area contributed by atoms with Crippen molar-refractivity contribution in [2.45, 2.75) is 44.2 Å². The summed E-state index contributed by atoms with van der Waals surface area (Å²) in [6, 6.07) is 8.99. The van der Waals surface area contributed by atoms with E-state index in [0.29, 0.717) is 44.5 Å². The maximum absolute atomic E-state index is 12.8. The summed E-state index contributed by atoms with van der Waals surface area (Å²) in [5, 5.41) is 10.5. The Kier molecular flexibility index (Phi) is 4.93. The van der Waals surface area contributed by atoms with Crippen LogP contribution >= 0.6 is 0 Å². The number of amides is 2. The van der Waals surface area contributed by atoms with Crippen LogP contribution in [0.25, 0.3) is 0 Å². The third kappa shape index (κ3) is 2.99. The summed E-state index contributed by atoms with van der Waals surface area (Å²) in [6.07, 6.45) is 3.03. The summed E-state index contributed by atoms with van der Waals surface area (Å²) >= 11 is 0. The fourth-order valence-electron chi connectivity index (χ4n) is 4.59. The molecule has 0 aliphatic carbocycles. The van der Waals surface area contributed by atoms with Crippen LogP contribution < -0.4 is 0 Å². The lowest BCUT2D eigenvalue weighted by Crippen LogP contribution is -2.59. The third-order valence-corrected chi connectivity index (χ3v) is 6.12. The second kappa shape index (κ2) is 7.39. The third-order valence-electron chi connectivity index (χ3n) is 6.12. The number of fused-ring (bicyclic) bond motifs is 2. The van der Waals surface area contributed by atoms with E-state index in [0.717, 1.165) is 17.8 Å². The molecular formula is C21H26N4O3. The van der Waals surface area contributed by atoms with Gasteiger partial charge in [-0.25, -0.2) is 4.98 Å². The number of piperidine rings is 1. The van der Waals surface area contributed by atoms with Crippen molar-refractivity contribution < 1.29 is 14.7 Å². The van der Waals surface area contributed by atoms with Crippen LogP contribution in [0.2, 0.25) is 0 Å². The number of carbonyl (C=O) groups excluding carboxylic acids is 2. The normalized spacial score (nSPS) is 19.4. The summed E-state index contributed by atoms with van der Waals surface area (Å²) in [6.45, 7) is 3.53. The predicted molar refractivity (Wildman–Crippen MR) is 103 cm³/mol. The Bertz CT molecular complexity index is 856. The number of imidazole rings is 1. The van der Waals surface area contributed by atoms with Crippen molar-refractivity contribution in [1.82, 2.24) is 19.8 Å². The fourth-order valence-corrected chi connectivity index (χ4v) is 4.59. The highest BCUT2D eigenvalue weighted by atomic mass is 16.3. The highest BCUT2D eigenvalue weighted by Gasteiger charge is 2.49. The first-order valence-corrected chi connectivity index (χ1v) is 9.92. The highest BCUT2D eigenvalue weighted by molar-refractivity contribution is 5.82. The van der Waals surface area contributed by atoms with Crippen molar-refractivity contribution in [1.29, 1.82) is 0 Å². The summed E-state index contributed by atoms with van der Waals surface area (Å²) in [7, 11) is 0. The molecule has 0 saturated carbocycles. The first kappa shape index (κ1) is 18.7. The van der Waals surface area contributed by atoms with E-state index < -0.39 is 11.6 Å². The minimum atomic E-state index is -1.16. The van der Waals surface area contributed by atoms with Crippen molar-refractivity contribution in [3.8, 4) is 0 Å². The maximum atomic E-state index is 12.8. The molecule has 0 radical (unpaired) electrons.